The summed E-state index contributed by atoms with van der Waals surface area (Å²) in [5.74, 6) is 0.268. The lowest BCUT2D eigenvalue weighted by Crippen LogP contribution is -2.24. The van der Waals surface area contributed by atoms with E-state index in [2.05, 4.69) is 10.3 Å². The average Bonchev–Trinajstić information content (AvgIpc) is 2.45. The van der Waals surface area contributed by atoms with Crippen molar-refractivity contribution in [1.29, 1.82) is 0 Å². The number of nitrogens with one attached hydrogen (secondary N) is 1. The van der Waals surface area contributed by atoms with Crippen LogP contribution in [0.3, 0.4) is 0 Å². The third kappa shape index (κ3) is 4.49. The van der Waals surface area contributed by atoms with Gasteiger partial charge in [0.1, 0.15) is 17.0 Å². The van der Waals surface area contributed by atoms with E-state index >= 15 is 0 Å². The Morgan fingerprint density at radius 3 is 2.60 bits per heavy atom. The van der Waals surface area contributed by atoms with Crippen LogP contribution in [0.15, 0.2) is 42.5 Å². The minimum absolute atomic E-state index is 0.268. The topological polar surface area (TPSA) is 65.4 Å². The summed E-state index contributed by atoms with van der Waals surface area (Å²) < 4.78 is 0. The summed E-state index contributed by atoms with van der Waals surface area (Å²) in [6, 6.07) is 12.3. The molecule has 1 aromatic carbocycles. The van der Waals surface area contributed by atoms with Gasteiger partial charge in [0.05, 0.1) is 5.69 Å². The molecule has 2 rings (SSSR count). The number of aromatic nitrogens is 1. The Morgan fingerprint density at radius 2 is 1.90 bits per heavy atom. The molecule has 1 aromatic heterocycles. The van der Waals surface area contributed by atoms with Crippen molar-refractivity contribution in [2.75, 3.05) is 13.1 Å². The molecule has 0 saturated heterocycles. The molecule has 1 unspecified atom stereocenters. The van der Waals surface area contributed by atoms with Crippen LogP contribution < -0.4 is 5.32 Å². The molecule has 1 atom stereocenters. The number of halogens is 1. The fourth-order valence-electron chi connectivity index (χ4n) is 1.85. The molecule has 0 fully saturated rings. The molecule has 106 valence electrons. The van der Waals surface area contributed by atoms with Gasteiger partial charge in [0, 0.05) is 6.54 Å². The fraction of sp³-hybridized carbons (Fsp3) is 0.267. The van der Waals surface area contributed by atoms with Crippen LogP contribution in [0, 0.1) is 0 Å². The van der Waals surface area contributed by atoms with Gasteiger partial charge in [-0.15, -0.1) is 0 Å². The van der Waals surface area contributed by atoms with E-state index in [1.807, 2.05) is 12.1 Å². The monoisotopic (exact) mass is 292 g/mol. The van der Waals surface area contributed by atoms with E-state index in [4.69, 9.17) is 11.6 Å². The second kappa shape index (κ2) is 7.24. The van der Waals surface area contributed by atoms with E-state index in [1.165, 1.54) is 0 Å². The second-order valence-electron chi connectivity index (χ2n) is 4.52. The van der Waals surface area contributed by atoms with Crippen LogP contribution >= 0.6 is 11.6 Å². The summed E-state index contributed by atoms with van der Waals surface area (Å²) in [5.41, 5.74) is 1.69. The Bertz CT molecular complexity index is 546. The maximum Gasteiger partial charge on any atom is 0.129 e. The highest BCUT2D eigenvalue weighted by molar-refractivity contribution is 6.29. The van der Waals surface area contributed by atoms with Gasteiger partial charge in [-0.2, -0.15) is 0 Å². The molecule has 0 radical (unpaired) electrons. The molecule has 0 spiro atoms. The zero-order chi connectivity index (χ0) is 14.4. The minimum Gasteiger partial charge on any atom is -0.508 e. The van der Waals surface area contributed by atoms with Crippen LogP contribution in [-0.2, 0) is 6.42 Å². The highest BCUT2D eigenvalue weighted by atomic mass is 35.5. The number of aliphatic hydroxyl groups is 1. The zero-order valence-electron chi connectivity index (χ0n) is 11.0. The van der Waals surface area contributed by atoms with E-state index in [-0.39, 0.29) is 5.75 Å². The van der Waals surface area contributed by atoms with Crippen molar-refractivity contribution in [3.05, 3.63) is 58.9 Å². The molecule has 0 aliphatic carbocycles. The summed E-state index contributed by atoms with van der Waals surface area (Å²) in [6.45, 7) is 1.16. The van der Waals surface area contributed by atoms with Gasteiger partial charge in [-0.05, 0) is 42.8 Å². The summed E-state index contributed by atoms with van der Waals surface area (Å²) in [4.78, 5) is 4.07. The molecule has 1 heterocycles. The fourth-order valence-corrected chi connectivity index (χ4v) is 2.02. The van der Waals surface area contributed by atoms with Crippen LogP contribution in [0.5, 0.6) is 5.75 Å². The van der Waals surface area contributed by atoms with Crippen molar-refractivity contribution < 1.29 is 10.2 Å². The predicted molar refractivity (Wildman–Crippen MR) is 78.9 cm³/mol. The Morgan fingerprint density at radius 1 is 1.15 bits per heavy atom. The maximum absolute atomic E-state index is 9.96. The molecular weight excluding hydrogens is 276 g/mol. The molecule has 20 heavy (non-hydrogen) atoms. The van der Waals surface area contributed by atoms with Crippen molar-refractivity contribution in [2.24, 2.45) is 0 Å². The largest absolute Gasteiger partial charge is 0.508 e. The zero-order valence-corrected chi connectivity index (χ0v) is 11.7. The average molecular weight is 293 g/mol. The number of nitrogens with zero attached hydrogens (tertiary/aromatic N) is 1. The first-order valence-corrected chi connectivity index (χ1v) is 6.82. The standard InChI is InChI=1S/C15H17ClN2O2/c16-15-3-1-2-13(18-15)14(20)10-17-9-8-11-4-6-12(19)7-5-11/h1-7,14,17,19-20H,8-10H2. The second-order valence-corrected chi connectivity index (χ2v) is 4.91. The van der Waals surface area contributed by atoms with Gasteiger partial charge in [0.2, 0.25) is 0 Å². The maximum atomic E-state index is 9.96. The molecule has 0 saturated carbocycles. The molecule has 0 bridgehead atoms. The van der Waals surface area contributed by atoms with Gasteiger partial charge < -0.3 is 15.5 Å². The molecule has 0 aliphatic rings. The van der Waals surface area contributed by atoms with E-state index in [9.17, 15) is 10.2 Å². The van der Waals surface area contributed by atoms with Crippen molar-refractivity contribution in [3.8, 4) is 5.75 Å². The Balaban J connectivity index is 1.74. The number of phenolic OH excluding ortho intramolecular Hbond substituents is 1. The van der Waals surface area contributed by atoms with Gasteiger partial charge in [-0.1, -0.05) is 29.8 Å². The van der Waals surface area contributed by atoms with Crippen molar-refractivity contribution >= 4 is 11.6 Å². The molecule has 4 nitrogen and oxygen atoms in total. The van der Waals surface area contributed by atoms with Crippen LogP contribution in [0.25, 0.3) is 0 Å². The summed E-state index contributed by atoms with van der Waals surface area (Å²) in [5, 5.41) is 22.7. The first-order chi connectivity index (χ1) is 9.65. The van der Waals surface area contributed by atoms with Gasteiger partial charge in [-0.25, -0.2) is 4.98 Å². The molecule has 0 amide bonds. The summed E-state index contributed by atoms with van der Waals surface area (Å²) in [6.07, 6.45) is 0.157. The Kier molecular flexibility index (Phi) is 5.35. The van der Waals surface area contributed by atoms with Crippen LogP contribution in [0.1, 0.15) is 17.4 Å². The van der Waals surface area contributed by atoms with Gasteiger partial charge >= 0.3 is 0 Å². The number of hydrogen-bond donors (Lipinski definition) is 3. The highest BCUT2D eigenvalue weighted by Crippen LogP contribution is 2.13. The number of aliphatic hydroxyl groups excluding tert-OH is 1. The van der Waals surface area contributed by atoms with E-state index in [0.29, 0.717) is 17.4 Å². The lowest BCUT2D eigenvalue weighted by Gasteiger charge is -2.11. The normalized spacial score (nSPS) is 12.3. The number of aromatic hydroxyl groups is 1. The summed E-state index contributed by atoms with van der Waals surface area (Å²) in [7, 11) is 0. The number of benzene rings is 1. The molecule has 3 N–H and O–H groups in total. The van der Waals surface area contributed by atoms with Gasteiger partial charge in [-0.3, -0.25) is 0 Å². The molecule has 5 heteroatoms. The quantitative estimate of drug-likeness (QED) is 0.565. The lowest BCUT2D eigenvalue weighted by molar-refractivity contribution is 0.170. The van der Waals surface area contributed by atoms with Crippen molar-refractivity contribution in [2.45, 2.75) is 12.5 Å². The predicted octanol–water partition coefficient (Wildman–Crippen LogP) is 2.31. The number of hydrogen-bond acceptors (Lipinski definition) is 4. The van der Waals surface area contributed by atoms with Crippen molar-refractivity contribution in [1.82, 2.24) is 10.3 Å². The summed E-state index contributed by atoms with van der Waals surface area (Å²) >= 11 is 5.78. The Hall–Kier alpha value is -1.62. The highest BCUT2D eigenvalue weighted by Gasteiger charge is 2.08. The minimum atomic E-state index is -0.673. The molecule has 2 aromatic rings. The Labute approximate surface area is 123 Å². The molecular formula is C15H17ClN2O2. The number of pyridine rings is 1. The first-order valence-electron chi connectivity index (χ1n) is 6.44. The van der Waals surface area contributed by atoms with E-state index in [1.54, 1.807) is 30.3 Å². The van der Waals surface area contributed by atoms with E-state index in [0.717, 1.165) is 18.5 Å². The third-order valence-corrected chi connectivity index (χ3v) is 3.15. The van der Waals surface area contributed by atoms with Crippen LogP contribution in [0.2, 0.25) is 5.15 Å². The van der Waals surface area contributed by atoms with Crippen molar-refractivity contribution in [3.63, 3.8) is 0 Å². The lowest BCUT2D eigenvalue weighted by atomic mass is 10.1. The molecule has 0 aliphatic heterocycles. The number of phenols is 1. The van der Waals surface area contributed by atoms with Gasteiger partial charge in [0.25, 0.3) is 0 Å². The number of rotatable bonds is 6. The van der Waals surface area contributed by atoms with E-state index < -0.39 is 6.10 Å². The van der Waals surface area contributed by atoms with Crippen LogP contribution in [0.4, 0.5) is 0 Å². The smallest absolute Gasteiger partial charge is 0.129 e. The SMILES string of the molecule is Oc1ccc(CCNCC(O)c2cccc(Cl)n2)cc1. The third-order valence-electron chi connectivity index (χ3n) is 2.94. The van der Waals surface area contributed by atoms with Crippen LogP contribution in [-0.4, -0.2) is 28.3 Å². The first kappa shape index (κ1) is 14.8. The van der Waals surface area contributed by atoms with Gasteiger partial charge in [0.15, 0.2) is 0 Å².